The maximum atomic E-state index is 12.2. The predicted octanol–water partition coefficient (Wildman–Crippen LogP) is 2.42. The van der Waals surface area contributed by atoms with Crippen LogP contribution < -0.4 is 5.32 Å². The van der Waals surface area contributed by atoms with Crippen LogP contribution in [0.2, 0.25) is 0 Å². The third kappa shape index (κ3) is 3.19. The lowest BCUT2D eigenvalue weighted by Gasteiger charge is -2.42. The Morgan fingerprint density at radius 2 is 2.00 bits per heavy atom. The van der Waals surface area contributed by atoms with Gasteiger partial charge in [-0.05, 0) is 29.8 Å². The quantitative estimate of drug-likeness (QED) is 0.761. The number of hydrogen-bond acceptors (Lipinski definition) is 5. The number of nitrogens with one attached hydrogen (secondary N) is 1. The third-order valence-corrected chi connectivity index (χ3v) is 5.84. The van der Waals surface area contributed by atoms with Gasteiger partial charge >= 0.3 is 0 Å². The van der Waals surface area contributed by atoms with Gasteiger partial charge < -0.3 is 9.73 Å². The maximum absolute atomic E-state index is 12.2. The Hall–Kier alpha value is -2.70. The highest BCUT2D eigenvalue weighted by atomic mass is 16.4. The molecule has 1 amide bonds. The van der Waals surface area contributed by atoms with Gasteiger partial charge in [-0.3, -0.25) is 14.6 Å². The van der Waals surface area contributed by atoms with E-state index in [1.165, 1.54) is 10.8 Å². The second-order valence-corrected chi connectivity index (χ2v) is 7.66. The highest BCUT2D eigenvalue weighted by Gasteiger charge is 2.35. The number of nitrogens with zero attached hydrogens (tertiary/aromatic N) is 3. The van der Waals surface area contributed by atoms with Gasteiger partial charge in [0.25, 0.3) is 0 Å². The first-order chi connectivity index (χ1) is 13.7. The van der Waals surface area contributed by atoms with Crippen molar-refractivity contribution in [1.82, 2.24) is 20.1 Å². The minimum absolute atomic E-state index is 0.0466. The van der Waals surface area contributed by atoms with Crippen molar-refractivity contribution in [3.63, 3.8) is 0 Å². The number of piperazine rings is 2. The van der Waals surface area contributed by atoms with E-state index in [4.69, 9.17) is 9.40 Å². The summed E-state index contributed by atoms with van der Waals surface area (Å²) in [7, 11) is 0. The molecule has 2 fully saturated rings. The van der Waals surface area contributed by atoms with E-state index in [0.29, 0.717) is 12.4 Å². The average Bonchev–Trinajstić information content (AvgIpc) is 3.08. The molecule has 144 valence electrons. The highest BCUT2D eigenvalue weighted by molar-refractivity contribution is 5.86. The number of rotatable bonds is 3. The summed E-state index contributed by atoms with van der Waals surface area (Å²) in [4.78, 5) is 21.5. The van der Waals surface area contributed by atoms with Crippen molar-refractivity contribution in [2.24, 2.45) is 0 Å². The topological polar surface area (TPSA) is 61.6 Å². The molecule has 3 heterocycles. The van der Waals surface area contributed by atoms with Crippen LogP contribution in [0.1, 0.15) is 11.5 Å². The molecule has 6 heteroatoms. The SMILES string of the molecule is Cc1oc(-c2ccc3ccccc3c2)nc1CN1CCN2CCNC(=O)[C@@H]2C1. The lowest BCUT2D eigenvalue weighted by atomic mass is 10.1. The number of carbonyl (C=O) groups is 1. The fraction of sp³-hybridized carbons (Fsp3) is 0.364. The molecule has 5 rings (SSSR count). The van der Waals surface area contributed by atoms with E-state index < -0.39 is 0 Å². The number of benzene rings is 2. The van der Waals surface area contributed by atoms with Crippen LogP contribution in [-0.2, 0) is 11.3 Å². The minimum Gasteiger partial charge on any atom is -0.441 e. The monoisotopic (exact) mass is 376 g/mol. The normalized spacial score (nSPS) is 20.9. The number of carbonyl (C=O) groups excluding carboxylic acids is 1. The molecule has 3 aromatic rings. The van der Waals surface area contributed by atoms with Gasteiger partial charge in [0.2, 0.25) is 11.8 Å². The van der Waals surface area contributed by atoms with Crippen molar-refractivity contribution in [1.29, 1.82) is 0 Å². The van der Waals surface area contributed by atoms with E-state index >= 15 is 0 Å². The van der Waals surface area contributed by atoms with Gasteiger partial charge in [-0.25, -0.2) is 4.98 Å². The molecular weight excluding hydrogens is 352 g/mol. The van der Waals surface area contributed by atoms with Crippen molar-refractivity contribution in [3.8, 4) is 11.5 Å². The lowest BCUT2D eigenvalue weighted by molar-refractivity contribution is -0.132. The largest absolute Gasteiger partial charge is 0.441 e. The Labute approximate surface area is 164 Å². The number of oxazole rings is 1. The van der Waals surface area contributed by atoms with E-state index in [2.05, 4.69) is 45.4 Å². The Kier molecular flexibility index (Phi) is 4.37. The molecular formula is C22H24N4O2. The standard InChI is InChI=1S/C22H24N4O2/c1-15-19(13-25-10-11-26-9-8-23-21(27)20(26)14-25)24-22(28-15)18-7-6-16-4-2-3-5-17(16)12-18/h2-7,12,20H,8-11,13-14H2,1H3,(H,23,27)/t20-/m0/s1. The Morgan fingerprint density at radius 3 is 2.89 bits per heavy atom. The molecule has 0 saturated carbocycles. The molecule has 1 aromatic heterocycles. The van der Waals surface area contributed by atoms with Gasteiger partial charge in [0.1, 0.15) is 11.8 Å². The molecule has 2 aromatic carbocycles. The van der Waals surface area contributed by atoms with Gasteiger partial charge in [-0.2, -0.15) is 0 Å². The summed E-state index contributed by atoms with van der Waals surface area (Å²) in [5, 5.41) is 5.36. The number of amides is 1. The molecule has 1 atom stereocenters. The van der Waals surface area contributed by atoms with Crippen LogP contribution in [0.5, 0.6) is 0 Å². The third-order valence-electron chi connectivity index (χ3n) is 5.84. The van der Waals surface area contributed by atoms with Crippen LogP contribution in [0.25, 0.3) is 22.2 Å². The minimum atomic E-state index is -0.0466. The van der Waals surface area contributed by atoms with Crippen LogP contribution in [0, 0.1) is 6.92 Å². The Balaban J connectivity index is 1.35. The summed E-state index contributed by atoms with van der Waals surface area (Å²) in [5.41, 5.74) is 1.94. The Morgan fingerprint density at radius 1 is 1.14 bits per heavy atom. The summed E-state index contributed by atoms with van der Waals surface area (Å²) < 4.78 is 5.99. The van der Waals surface area contributed by atoms with Gasteiger partial charge in [0.15, 0.2) is 0 Å². The molecule has 1 N–H and O–H groups in total. The molecule has 0 aliphatic carbocycles. The molecule has 0 spiro atoms. The molecule has 2 saturated heterocycles. The van der Waals surface area contributed by atoms with Crippen molar-refractivity contribution < 1.29 is 9.21 Å². The zero-order valence-corrected chi connectivity index (χ0v) is 16.0. The van der Waals surface area contributed by atoms with E-state index in [1.807, 2.05) is 19.1 Å². The van der Waals surface area contributed by atoms with Crippen LogP contribution in [0.3, 0.4) is 0 Å². The van der Waals surface area contributed by atoms with Crippen LogP contribution >= 0.6 is 0 Å². The summed E-state index contributed by atoms with van der Waals surface area (Å²) in [6.07, 6.45) is 0. The van der Waals surface area contributed by atoms with Gasteiger partial charge in [-0.1, -0.05) is 30.3 Å². The second-order valence-electron chi connectivity index (χ2n) is 7.66. The predicted molar refractivity (Wildman–Crippen MR) is 108 cm³/mol. The lowest BCUT2D eigenvalue weighted by Crippen LogP contribution is -2.63. The highest BCUT2D eigenvalue weighted by Crippen LogP contribution is 2.26. The zero-order valence-electron chi connectivity index (χ0n) is 16.0. The second kappa shape index (κ2) is 7.04. The first kappa shape index (κ1) is 17.4. The molecule has 2 aliphatic rings. The first-order valence-electron chi connectivity index (χ1n) is 9.87. The van der Waals surface area contributed by atoms with Crippen molar-refractivity contribution in [2.75, 3.05) is 32.7 Å². The molecule has 0 unspecified atom stereocenters. The average molecular weight is 376 g/mol. The Bertz CT molecular complexity index is 1030. The summed E-state index contributed by atoms with van der Waals surface area (Å²) >= 11 is 0. The van der Waals surface area contributed by atoms with Crippen LogP contribution in [-0.4, -0.2) is 59.5 Å². The number of aromatic nitrogens is 1. The van der Waals surface area contributed by atoms with Crippen LogP contribution in [0.15, 0.2) is 46.9 Å². The van der Waals surface area contributed by atoms with E-state index in [-0.39, 0.29) is 11.9 Å². The summed E-state index contributed by atoms with van der Waals surface area (Å²) in [6, 6.07) is 14.5. The van der Waals surface area contributed by atoms with Crippen LogP contribution in [0.4, 0.5) is 0 Å². The number of aryl methyl sites for hydroxylation is 1. The van der Waals surface area contributed by atoms with Gasteiger partial charge in [-0.15, -0.1) is 0 Å². The van der Waals surface area contributed by atoms with Crippen molar-refractivity contribution in [3.05, 3.63) is 53.9 Å². The fourth-order valence-electron chi connectivity index (χ4n) is 4.21. The molecule has 2 aliphatic heterocycles. The van der Waals surface area contributed by atoms with Crippen molar-refractivity contribution in [2.45, 2.75) is 19.5 Å². The number of hydrogen-bond donors (Lipinski definition) is 1. The summed E-state index contributed by atoms with van der Waals surface area (Å²) in [6.45, 7) is 6.99. The number of fused-ring (bicyclic) bond motifs is 2. The van der Waals surface area contributed by atoms with Gasteiger partial charge in [0.05, 0.1) is 5.69 Å². The smallest absolute Gasteiger partial charge is 0.238 e. The zero-order chi connectivity index (χ0) is 19.1. The van der Waals surface area contributed by atoms with E-state index in [9.17, 15) is 4.79 Å². The molecule has 0 radical (unpaired) electrons. The molecule has 0 bridgehead atoms. The van der Waals surface area contributed by atoms with E-state index in [0.717, 1.165) is 49.7 Å². The fourth-order valence-corrected chi connectivity index (χ4v) is 4.21. The molecule has 28 heavy (non-hydrogen) atoms. The summed E-state index contributed by atoms with van der Waals surface area (Å²) in [5.74, 6) is 1.65. The molecule has 6 nitrogen and oxygen atoms in total. The maximum Gasteiger partial charge on any atom is 0.238 e. The van der Waals surface area contributed by atoms with Gasteiger partial charge in [0, 0.05) is 44.8 Å². The van der Waals surface area contributed by atoms with E-state index in [1.54, 1.807) is 0 Å². The first-order valence-corrected chi connectivity index (χ1v) is 9.87. The van der Waals surface area contributed by atoms with Crippen molar-refractivity contribution >= 4 is 16.7 Å².